The van der Waals surface area contributed by atoms with Crippen LogP contribution in [-0.4, -0.2) is 19.3 Å². The first-order valence-corrected chi connectivity index (χ1v) is 7.44. The third-order valence-corrected chi connectivity index (χ3v) is 3.72. The number of pyridine rings is 1. The zero-order valence-corrected chi connectivity index (χ0v) is 12.0. The molecule has 9 heteroatoms. The first-order chi connectivity index (χ1) is 9.77. The normalized spacial score (nSPS) is 11.2. The van der Waals surface area contributed by atoms with E-state index in [1.54, 1.807) is 0 Å². The van der Waals surface area contributed by atoms with Gasteiger partial charge in [-0.3, -0.25) is 9.78 Å². The van der Waals surface area contributed by atoms with Crippen molar-refractivity contribution in [3.05, 3.63) is 53.1 Å². The quantitative estimate of drug-likeness (QED) is 0.895. The SMILES string of the molecule is NS(=O)(=O)c1ccc(Cl)c(NC(=O)c2cncc(F)c2)c1. The molecule has 0 aliphatic rings. The molecule has 21 heavy (non-hydrogen) atoms. The Balaban J connectivity index is 2.33. The van der Waals surface area contributed by atoms with Gasteiger partial charge in [0.15, 0.2) is 0 Å². The Morgan fingerprint density at radius 1 is 1.29 bits per heavy atom. The second-order valence-corrected chi connectivity index (χ2v) is 6.00. The van der Waals surface area contributed by atoms with E-state index in [0.717, 1.165) is 24.5 Å². The van der Waals surface area contributed by atoms with Gasteiger partial charge < -0.3 is 5.32 Å². The summed E-state index contributed by atoms with van der Waals surface area (Å²) in [6, 6.07) is 4.58. The van der Waals surface area contributed by atoms with Gasteiger partial charge in [-0.15, -0.1) is 0 Å². The Morgan fingerprint density at radius 3 is 2.62 bits per heavy atom. The maximum atomic E-state index is 13.0. The van der Waals surface area contributed by atoms with Crippen molar-refractivity contribution in [3.63, 3.8) is 0 Å². The number of anilines is 1. The molecular weight excluding hydrogens is 321 g/mol. The average Bonchev–Trinajstić information content (AvgIpc) is 2.40. The highest BCUT2D eigenvalue weighted by molar-refractivity contribution is 7.89. The van der Waals surface area contributed by atoms with Gasteiger partial charge in [-0.05, 0) is 24.3 Å². The van der Waals surface area contributed by atoms with Gasteiger partial charge in [0.25, 0.3) is 5.91 Å². The van der Waals surface area contributed by atoms with Gasteiger partial charge in [0, 0.05) is 6.20 Å². The lowest BCUT2D eigenvalue weighted by Crippen LogP contribution is -2.15. The molecule has 1 aromatic heterocycles. The molecule has 0 saturated carbocycles. The molecule has 0 spiro atoms. The zero-order chi connectivity index (χ0) is 15.6. The molecule has 2 rings (SSSR count). The third-order valence-electron chi connectivity index (χ3n) is 2.48. The molecule has 0 aliphatic heterocycles. The van der Waals surface area contributed by atoms with E-state index in [-0.39, 0.29) is 21.2 Å². The highest BCUT2D eigenvalue weighted by Gasteiger charge is 2.14. The van der Waals surface area contributed by atoms with Crippen molar-refractivity contribution in [2.75, 3.05) is 5.32 Å². The van der Waals surface area contributed by atoms with Crippen molar-refractivity contribution < 1.29 is 17.6 Å². The number of benzene rings is 1. The van der Waals surface area contributed by atoms with Crippen molar-refractivity contribution in [1.82, 2.24) is 4.98 Å². The maximum Gasteiger partial charge on any atom is 0.257 e. The molecule has 0 bridgehead atoms. The van der Waals surface area contributed by atoms with E-state index in [1.807, 2.05) is 0 Å². The Labute approximate surface area is 124 Å². The minimum absolute atomic E-state index is 0.0351. The molecule has 1 amide bonds. The van der Waals surface area contributed by atoms with Crippen LogP contribution in [0.3, 0.4) is 0 Å². The maximum absolute atomic E-state index is 13.0. The number of halogens is 2. The lowest BCUT2D eigenvalue weighted by Gasteiger charge is -2.08. The van der Waals surface area contributed by atoms with Crippen molar-refractivity contribution in [1.29, 1.82) is 0 Å². The number of nitrogens with one attached hydrogen (secondary N) is 1. The predicted octanol–water partition coefficient (Wildman–Crippen LogP) is 1.77. The summed E-state index contributed by atoms with van der Waals surface area (Å²) in [5.74, 6) is -1.36. The standard InChI is InChI=1S/C12H9ClFN3O3S/c13-10-2-1-9(21(15,19)20)4-11(10)17-12(18)7-3-8(14)6-16-5-7/h1-6H,(H,17,18)(H2,15,19,20). The summed E-state index contributed by atoms with van der Waals surface area (Å²) >= 11 is 5.87. The van der Waals surface area contributed by atoms with E-state index in [2.05, 4.69) is 10.3 Å². The molecule has 1 aromatic carbocycles. The first kappa shape index (κ1) is 15.4. The minimum Gasteiger partial charge on any atom is -0.321 e. The molecule has 0 aliphatic carbocycles. The molecule has 0 fully saturated rings. The first-order valence-electron chi connectivity index (χ1n) is 5.51. The Hall–Kier alpha value is -2.03. The number of nitrogens with two attached hydrogens (primary N) is 1. The van der Waals surface area contributed by atoms with E-state index in [1.165, 1.54) is 12.1 Å². The highest BCUT2D eigenvalue weighted by Crippen LogP contribution is 2.25. The molecule has 6 nitrogen and oxygen atoms in total. The number of sulfonamides is 1. The predicted molar refractivity (Wildman–Crippen MR) is 75.0 cm³/mol. The lowest BCUT2D eigenvalue weighted by molar-refractivity contribution is 0.102. The van der Waals surface area contributed by atoms with E-state index in [0.29, 0.717) is 0 Å². The van der Waals surface area contributed by atoms with Crippen LogP contribution in [-0.2, 0) is 10.0 Å². The Kier molecular flexibility index (Phi) is 4.21. The van der Waals surface area contributed by atoms with Gasteiger partial charge in [0.1, 0.15) is 5.82 Å². The van der Waals surface area contributed by atoms with Gasteiger partial charge >= 0.3 is 0 Å². The summed E-state index contributed by atoms with van der Waals surface area (Å²) in [7, 11) is -3.93. The molecule has 2 aromatic rings. The zero-order valence-electron chi connectivity index (χ0n) is 10.4. The molecule has 0 unspecified atom stereocenters. The van der Waals surface area contributed by atoms with Crippen LogP contribution in [0.15, 0.2) is 41.6 Å². The summed E-state index contributed by atoms with van der Waals surface area (Å²) in [5, 5.41) is 7.47. The van der Waals surface area contributed by atoms with Crippen molar-refractivity contribution in [2.45, 2.75) is 4.90 Å². The molecule has 3 N–H and O–H groups in total. The van der Waals surface area contributed by atoms with Crippen LogP contribution >= 0.6 is 11.6 Å². The van der Waals surface area contributed by atoms with E-state index < -0.39 is 21.7 Å². The number of nitrogens with zero attached hydrogens (tertiary/aromatic N) is 1. The van der Waals surface area contributed by atoms with E-state index in [9.17, 15) is 17.6 Å². The van der Waals surface area contributed by atoms with Crippen LogP contribution in [0.2, 0.25) is 5.02 Å². The monoisotopic (exact) mass is 329 g/mol. The van der Waals surface area contributed by atoms with Crippen LogP contribution < -0.4 is 10.5 Å². The van der Waals surface area contributed by atoms with Gasteiger partial charge in [-0.25, -0.2) is 17.9 Å². The second-order valence-electron chi connectivity index (χ2n) is 4.03. The summed E-state index contributed by atoms with van der Waals surface area (Å²) in [6.45, 7) is 0. The average molecular weight is 330 g/mol. The van der Waals surface area contributed by atoms with Gasteiger partial charge in [0.05, 0.1) is 27.4 Å². The van der Waals surface area contributed by atoms with Crippen molar-refractivity contribution in [2.24, 2.45) is 5.14 Å². The van der Waals surface area contributed by atoms with Gasteiger partial charge in [-0.1, -0.05) is 11.6 Å². The number of aromatic nitrogens is 1. The minimum atomic E-state index is -3.93. The summed E-state index contributed by atoms with van der Waals surface area (Å²) in [4.78, 5) is 15.3. The number of primary sulfonamides is 1. The van der Waals surface area contributed by atoms with Gasteiger partial charge in [-0.2, -0.15) is 0 Å². The van der Waals surface area contributed by atoms with Crippen LogP contribution in [0.5, 0.6) is 0 Å². The van der Waals surface area contributed by atoms with E-state index in [4.69, 9.17) is 16.7 Å². The number of rotatable bonds is 3. The second kappa shape index (κ2) is 5.76. The number of carbonyl (C=O) groups excluding carboxylic acids is 1. The number of hydrogen-bond acceptors (Lipinski definition) is 4. The fraction of sp³-hybridized carbons (Fsp3) is 0. The molecule has 0 saturated heterocycles. The topological polar surface area (TPSA) is 102 Å². The molecule has 0 atom stereocenters. The van der Waals surface area contributed by atoms with Crippen LogP contribution in [0, 0.1) is 5.82 Å². The molecule has 0 radical (unpaired) electrons. The fourth-order valence-electron chi connectivity index (χ4n) is 1.51. The number of hydrogen-bond donors (Lipinski definition) is 2. The summed E-state index contributed by atoms with van der Waals surface area (Å²) in [5.41, 5.74) is 0.00419. The Bertz CT molecular complexity index is 811. The largest absolute Gasteiger partial charge is 0.321 e. The van der Waals surface area contributed by atoms with Crippen LogP contribution in [0.1, 0.15) is 10.4 Å². The molecule has 1 heterocycles. The number of amides is 1. The molecule has 110 valence electrons. The van der Waals surface area contributed by atoms with Crippen LogP contribution in [0.4, 0.5) is 10.1 Å². The Morgan fingerprint density at radius 2 is 2.00 bits per heavy atom. The van der Waals surface area contributed by atoms with E-state index >= 15 is 0 Å². The van der Waals surface area contributed by atoms with Crippen molar-refractivity contribution in [3.8, 4) is 0 Å². The summed E-state index contributed by atoms with van der Waals surface area (Å²) < 4.78 is 35.5. The highest BCUT2D eigenvalue weighted by atomic mass is 35.5. The smallest absolute Gasteiger partial charge is 0.257 e. The van der Waals surface area contributed by atoms with Crippen LogP contribution in [0.25, 0.3) is 0 Å². The lowest BCUT2D eigenvalue weighted by atomic mass is 10.2. The molecular formula is C12H9ClFN3O3S. The fourth-order valence-corrected chi connectivity index (χ4v) is 2.21. The van der Waals surface area contributed by atoms with Gasteiger partial charge in [0.2, 0.25) is 10.0 Å². The number of carbonyl (C=O) groups is 1. The third kappa shape index (κ3) is 3.75. The summed E-state index contributed by atoms with van der Waals surface area (Å²) in [6.07, 6.45) is 2.11. The van der Waals surface area contributed by atoms with Crippen molar-refractivity contribution >= 4 is 33.2 Å².